The lowest BCUT2D eigenvalue weighted by Gasteiger charge is -1.93. The fourth-order valence-electron chi connectivity index (χ4n) is 0.829. The molecule has 2 atom stereocenters. The van der Waals surface area contributed by atoms with Crippen LogP contribution in [0.3, 0.4) is 0 Å². The van der Waals surface area contributed by atoms with Gasteiger partial charge in [0.05, 0.1) is 6.10 Å². The zero-order valence-corrected chi connectivity index (χ0v) is 5.50. The summed E-state index contributed by atoms with van der Waals surface area (Å²) in [5, 5.41) is 8.35. The van der Waals surface area contributed by atoms with Crippen LogP contribution in [0.25, 0.3) is 0 Å². The minimum atomic E-state index is -0.839. The molecule has 0 aromatic rings. The average Bonchev–Trinajstić information content (AvgIpc) is 2.39. The number of rotatable bonds is 2. The highest BCUT2D eigenvalue weighted by molar-refractivity contribution is 5.75. The molecule has 1 heterocycles. The van der Waals surface area contributed by atoms with Crippen LogP contribution in [0.2, 0.25) is 0 Å². The molecule has 1 N–H and O–H groups in total. The van der Waals surface area contributed by atoms with Crippen LogP contribution in [0.1, 0.15) is 13.8 Å². The number of aliphatic carboxylic acids is 1. The second-order valence-electron chi connectivity index (χ2n) is 2.60. The number of ether oxygens (including phenoxy) is 1. The molecule has 0 spiro atoms. The van der Waals surface area contributed by atoms with E-state index in [0.717, 1.165) is 0 Å². The van der Waals surface area contributed by atoms with E-state index in [2.05, 4.69) is 0 Å². The van der Waals surface area contributed by atoms with Gasteiger partial charge in [-0.15, -0.1) is 0 Å². The first-order valence-electron chi connectivity index (χ1n) is 3.01. The molecule has 0 aliphatic carbocycles. The van der Waals surface area contributed by atoms with Crippen molar-refractivity contribution in [3.8, 4) is 0 Å². The minimum absolute atomic E-state index is 0.0394. The largest absolute Gasteiger partial charge is 0.479 e. The van der Waals surface area contributed by atoms with Crippen LogP contribution in [0.5, 0.6) is 0 Å². The summed E-state index contributed by atoms with van der Waals surface area (Å²) in [6, 6.07) is 0. The first-order valence-corrected chi connectivity index (χ1v) is 3.01. The Balaban J connectivity index is 2.33. The van der Waals surface area contributed by atoms with Gasteiger partial charge in [-0.25, -0.2) is 4.79 Å². The summed E-state index contributed by atoms with van der Waals surface area (Å²) in [6.07, 6.45) is -0.563. The third kappa shape index (κ3) is 1.21. The molecule has 1 rings (SSSR count). The number of carboxylic acid groups (broad SMARTS) is 1. The molecule has 1 aliphatic heterocycles. The lowest BCUT2D eigenvalue weighted by atomic mass is 10.1. The molecule has 1 fully saturated rings. The van der Waals surface area contributed by atoms with Crippen LogP contribution < -0.4 is 0 Å². The number of carbonyl (C=O) groups is 1. The van der Waals surface area contributed by atoms with Crippen molar-refractivity contribution in [3.63, 3.8) is 0 Å². The van der Waals surface area contributed by atoms with E-state index >= 15 is 0 Å². The number of hydrogen-bond acceptors (Lipinski definition) is 2. The molecule has 0 radical (unpaired) electrons. The van der Waals surface area contributed by atoms with Crippen LogP contribution in [-0.2, 0) is 9.53 Å². The van der Waals surface area contributed by atoms with Crippen LogP contribution in [0, 0.1) is 5.92 Å². The second kappa shape index (κ2) is 1.99. The third-order valence-electron chi connectivity index (χ3n) is 1.43. The Morgan fingerprint density at radius 2 is 2.22 bits per heavy atom. The molecular weight excluding hydrogens is 120 g/mol. The molecule has 52 valence electrons. The Hall–Kier alpha value is -0.570. The molecule has 0 aromatic heterocycles. The average molecular weight is 130 g/mol. The molecule has 1 aliphatic rings. The maximum absolute atomic E-state index is 10.2. The van der Waals surface area contributed by atoms with Gasteiger partial charge in [-0.05, 0) is 5.92 Å². The maximum Gasteiger partial charge on any atom is 0.335 e. The SMILES string of the molecule is CC(C)[C@@H]1O[C@H]1C(=O)O. The highest BCUT2D eigenvalue weighted by Crippen LogP contribution is 2.28. The van der Waals surface area contributed by atoms with E-state index in [1.807, 2.05) is 13.8 Å². The van der Waals surface area contributed by atoms with Gasteiger partial charge in [-0.3, -0.25) is 0 Å². The molecular formula is C6H10O3. The Morgan fingerprint density at radius 3 is 2.33 bits per heavy atom. The van der Waals surface area contributed by atoms with E-state index in [-0.39, 0.29) is 6.10 Å². The maximum atomic E-state index is 10.2. The van der Waals surface area contributed by atoms with Crippen LogP contribution >= 0.6 is 0 Å². The van der Waals surface area contributed by atoms with Crippen LogP contribution in [-0.4, -0.2) is 23.3 Å². The zero-order chi connectivity index (χ0) is 7.02. The highest BCUT2D eigenvalue weighted by Gasteiger charge is 2.46. The molecule has 0 bridgehead atoms. The summed E-state index contributed by atoms with van der Waals surface area (Å²) in [6.45, 7) is 3.90. The topological polar surface area (TPSA) is 49.8 Å². The smallest absolute Gasteiger partial charge is 0.335 e. The summed E-state index contributed by atoms with van der Waals surface area (Å²) in [7, 11) is 0. The van der Waals surface area contributed by atoms with E-state index in [1.54, 1.807) is 0 Å². The van der Waals surface area contributed by atoms with Gasteiger partial charge in [0.25, 0.3) is 0 Å². The minimum Gasteiger partial charge on any atom is -0.479 e. The van der Waals surface area contributed by atoms with Crippen molar-refractivity contribution in [1.82, 2.24) is 0 Å². The molecule has 0 aromatic carbocycles. The van der Waals surface area contributed by atoms with Crippen LogP contribution in [0.15, 0.2) is 0 Å². The normalized spacial score (nSPS) is 32.8. The fraction of sp³-hybridized carbons (Fsp3) is 0.833. The van der Waals surface area contributed by atoms with Gasteiger partial charge in [-0.1, -0.05) is 13.8 Å². The zero-order valence-electron chi connectivity index (χ0n) is 5.50. The molecule has 0 unspecified atom stereocenters. The quantitative estimate of drug-likeness (QED) is 0.553. The Kier molecular flexibility index (Phi) is 1.45. The molecule has 9 heavy (non-hydrogen) atoms. The summed E-state index contributed by atoms with van der Waals surface area (Å²) in [5.41, 5.74) is 0. The second-order valence-corrected chi connectivity index (χ2v) is 2.60. The van der Waals surface area contributed by atoms with Crippen molar-refractivity contribution >= 4 is 5.97 Å². The molecule has 1 saturated heterocycles. The van der Waals surface area contributed by atoms with Crippen molar-refractivity contribution in [2.45, 2.75) is 26.1 Å². The van der Waals surface area contributed by atoms with Gasteiger partial charge in [0.2, 0.25) is 0 Å². The van der Waals surface area contributed by atoms with Gasteiger partial charge in [0.15, 0.2) is 6.10 Å². The lowest BCUT2D eigenvalue weighted by molar-refractivity contribution is -0.138. The van der Waals surface area contributed by atoms with Gasteiger partial charge in [0, 0.05) is 0 Å². The Labute approximate surface area is 53.6 Å². The van der Waals surface area contributed by atoms with E-state index in [9.17, 15) is 4.79 Å². The standard InChI is InChI=1S/C6H10O3/c1-3(2)4-5(9-4)6(7)8/h3-5H,1-2H3,(H,7,8)/t4-,5+/m0/s1. The summed E-state index contributed by atoms with van der Waals surface area (Å²) < 4.78 is 4.84. The third-order valence-corrected chi connectivity index (χ3v) is 1.43. The summed E-state index contributed by atoms with van der Waals surface area (Å²) in [5.74, 6) is -0.514. The first-order chi connectivity index (χ1) is 4.13. The van der Waals surface area contributed by atoms with Gasteiger partial charge in [-0.2, -0.15) is 0 Å². The number of epoxide rings is 1. The fourth-order valence-corrected chi connectivity index (χ4v) is 0.829. The molecule has 0 amide bonds. The monoisotopic (exact) mass is 130 g/mol. The predicted molar refractivity (Wildman–Crippen MR) is 31.1 cm³/mol. The number of hydrogen-bond donors (Lipinski definition) is 1. The van der Waals surface area contributed by atoms with Gasteiger partial charge >= 0.3 is 5.97 Å². The van der Waals surface area contributed by atoms with E-state index in [0.29, 0.717) is 5.92 Å². The molecule has 3 nitrogen and oxygen atoms in total. The summed E-state index contributed by atoms with van der Waals surface area (Å²) >= 11 is 0. The van der Waals surface area contributed by atoms with E-state index in [4.69, 9.17) is 9.84 Å². The highest BCUT2D eigenvalue weighted by atomic mass is 16.6. The Bertz CT molecular complexity index is 130. The summed E-state index contributed by atoms with van der Waals surface area (Å²) in [4.78, 5) is 10.2. The van der Waals surface area contributed by atoms with Crippen molar-refractivity contribution in [1.29, 1.82) is 0 Å². The van der Waals surface area contributed by atoms with Gasteiger partial charge in [0.1, 0.15) is 0 Å². The van der Waals surface area contributed by atoms with E-state index < -0.39 is 12.1 Å². The molecule has 3 heteroatoms. The lowest BCUT2D eigenvalue weighted by Crippen LogP contribution is -2.11. The van der Waals surface area contributed by atoms with Crippen molar-refractivity contribution in [2.24, 2.45) is 5.92 Å². The van der Waals surface area contributed by atoms with Crippen molar-refractivity contribution in [2.75, 3.05) is 0 Å². The predicted octanol–water partition coefficient (Wildman–Crippen LogP) is 0.494. The van der Waals surface area contributed by atoms with Crippen molar-refractivity contribution < 1.29 is 14.6 Å². The van der Waals surface area contributed by atoms with Crippen molar-refractivity contribution in [3.05, 3.63) is 0 Å². The Morgan fingerprint density at radius 1 is 1.67 bits per heavy atom. The van der Waals surface area contributed by atoms with Gasteiger partial charge < -0.3 is 9.84 Å². The molecule has 0 saturated carbocycles. The van der Waals surface area contributed by atoms with E-state index in [1.165, 1.54) is 0 Å². The van der Waals surface area contributed by atoms with Crippen LogP contribution in [0.4, 0.5) is 0 Å². The first kappa shape index (κ1) is 6.55. The number of carboxylic acids is 1.